The van der Waals surface area contributed by atoms with Crippen molar-refractivity contribution in [2.75, 3.05) is 13.2 Å². The molecule has 0 amide bonds. The first kappa shape index (κ1) is 20.0. The molecule has 0 unspecified atom stereocenters. The predicted octanol–water partition coefficient (Wildman–Crippen LogP) is 3.12. The predicted molar refractivity (Wildman–Crippen MR) is 89.5 cm³/mol. The largest absolute Gasteiger partial charge is 0.461 e. The van der Waals surface area contributed by atoms with Gasteiger partial charge in [0.15, 0.2) is 0 Å². The highest BCUT2D eigenvalue weighted by molar-refractivity contribution is 8.07. The Hall–Kier alpha value is -1.02. The summed E-state index contributed by atoms with van der Waals surface area (Å²) in [6.07, 6.45) is -0.224. The van der Waals surface area contributed by atoms with Crippen molar-refractivity contribution in [1.29, 1.82) is 0 Å². The van der Waals surface area contributed by atoms with Gasteiger partial charge in [0.25, 0.3) is 0 Å². The van der Waals surface area contributed by atoms with Crippen LogP contribution in [0.4, 0.5) is 0 Å². The van der Waals surface area contributed by atoms with Crippen LogP contribution in [0.3, 0.4) is 0 Å². The normalized spacial score (nSPS) is 11.8. The number of aromatic nitrogens is 3. The molecule has 0 atom stereocenters. The number of ether oxygens (including phenoxy) is 2. The molecule has 0 aromatic carbocycles. The van der Waals surface area contributed by atoms with Crippen molar-refractivity contribution in [3.63, 3.8) is 0 Å². The molecule has 1 rings (SSSR count). The van der Waals surface area contributed by atoms with Gasteiger partial charge in [-0.15, -0.1) is 15.0 Å². The minimum atomic E-state index is -2.98. The van der Waals surface area contributed by atoms with Gasteiger partial charge in [0.05, 0.1) is 25.4 Å². The van der Waals surface area contributed by atoms with Gasteiger partial charge in [-0.3, -0.25) is 9.05 Å². The molecule has 23 heavy (non-hydrogen) atoms. The van der Waals surface area contributed by atoms with E-state index >= 15 is 0 Å². The molecule has 0 spiro atoms. The van der Waals surface area contributed by atoms with Crippen LogP contribution in [0.1, 0.15) is 41.5 Å². The molecule has 0 saturated heterocycles. The lowest BCUT2D eigenvalue weighted by atomic mass is 10.5. The van der Waals surface area contributed by atoms with Gasteiger partial charge in [-0.2, -0.15) is 0 Å². The van der Waals surface area contributed by atoms with Crippen LogP contribution in [-0.2, 0) is 20.9 Å². The summed E-state index contributed by atoms with van der Waals surface area (Å²) < 4.78 is 27.4. The van der Waals surface area contributed by atoms with Crippen molar-refractivity contribution >= 4 is 18.5 Å². The Balaban J connectivity index is 3.09. The molecule has 0 aliphatic rings. The van der Waals surface area contributed by atoms with Crippen LogP contribution in [0.25, 0.3) is 0 Å². The summed E-state index contributed by atoms with van der Waals surface area (Å²) in [6, 6.07) is 0.141. The van der Waals surface area contributed by atoms with Crippen molar-refractivity contribution in [2.24, 2.45) is 0 Å². The van der Waals surface area contributed by atoms with Gasteiger partial charge in [-0.05, 0) is 41.5 Å². The second kappa shape index (κ2) is 9.32. The van der Waals surface area contributed by atoms with E-state index in [1.165, 1.54) is 0 Å². The molecule has 1 aromatic heterocycles. The highest BCUT2D eigenvalue weighted by atomic mass is 32.5. The average molecular weight is 365 g/mol. The molecule has 0 N–H and O–H groups in total. The van der Waals surface area contributed by atoms with Crippen molar-refractivity contribution in [3.8, 4) is 18.0 Å². The summed E-state index contributed by atoms with van der Waals surface area (Å²) in [4.78, 5) is 12.3. The van der Waals surface area contributed by atoms with Crippen LogP contribution in [-0.4, -0.2) is 40.4 Å². The van der Waals surface area contributed by atoms with E-state index in [2.05, 4.69) is 15.0 Å². The SMILES string of the molecule is CCOP(=S)(OCC)Oc1nc(OC(C)C)nc(OC(C)C)n1. The third kappa shape index (κ3) is 7.39. The smallest absolute Gasteiger partial charge is 0.382 e. The Morgan fingerprint density at radius 2 is 1.22 bits per heavy atom. The van der Waals surface area contributed by atoms with E-state index in [0.717, 1.165) is 0 Å². The number of hydrogen-bond acceptors (Lipinski definition) is 9. The third-order valence-electron chi connectivity index (χ3n) is 2.02. The van der Waals surface area contributed by atoms with Gasteiger partial charge in [0.2, 0.25) is 0 Å². The van der Waals surface area contributed by atoms with Crippen LogP contribution >= 0.6 is 6.72 Å². The number of hydrogen-bond donors (Lipinski definition) is 0. The van der Waals surface area contributed by atoms with Crippen molar-refractivity contribution in [1.82, 2.24) is 15.0 Å². The molecule has 1 heterocycles. The van der Waals surface area contributed by atoms with Crippen LogP contribution in [0.5, 0.6) is 18.0 Å². The first-order valence-corrected chi connectivity index (χ1v) is 10.0. The standard InChI is InChI=1S/C13H24N3O5PS/c1-7-17-22(23,18-8-2)21-13-15-11(19-9(3)4)14-12(16-13)20-10(5)6/h9-10H,7-8H2,1-6H3. The Morgan fingerprint density at radius 3 is 1.57 bits per heavy atom. The van der Waals surface area contributed by atoms with E-state index in [1.54, 1.807) is 13.8 Å². The summed E-state index contributed by atoms with van der Waals surface area (Å²) in [6.45, 7) is 8.77. The molecule has 0 saturated carbocycles. The second-order valence-electron chi connectivity index (χ2n) is 4.89. The van der Waals surface area contributed by atoms with E-state index < -0.39 is 6.72 Å². The zero-order valence-corrected chi connectivity index (χ0v) is 16.0. The first-order chi connectivity index (χ1) is 10.8. The lowest BCUT2D eigenvalue weighted by Crippen LogP contribution is -2.14. The lowest BCUT2D eigenvalue weighted by molar-refractivity contribution is 0.186. The molecule has 0 aliphatic heterocycles. The molecule has 8 nitrogen and oxygen atoms in total. The highest BCUT2D eigenvalue weighted by Crippen LogP contribution is 2.49. The summed E-state index contributed by atoms with van der Waals surface area (Å²) in [5, 5.41) is 0. The van der Waals surface area contributed by atoms with Crippen LogP contribution in [0, 0.1) is 0 Å². The molecule has 1 aromatic rings. The van der Waals surface area contributed by atoms with E-state index in [-0.39, 0.29) is 30.2 Å². The maximum atomic E-state index is 5.59. The highest BCUT2D eigenvalue weighted by Gasteiger charge is 2.24. The molecule has 0 fully saturated rings. The summed E-state index contributed by atoms with van der Waals surface area (Å²) in [5.41, 5.74) is 0. The van der Waals surface area contributed by atoms with Gasteiger partial charge in [0, 0.05) is 11.8 Å². The van der Waals surface area contributed by atoms with Crippen LogP contribution < -0.4 is 14.0 Å². The van der Waals surface area contributed by atoms with Gasteiger partial charge in [0.1, 0.15) is 0 Å². The number of nitrogens with zero attached hydrogens (tertiary/aromatic N) is 3. The molecule has 0 aliphatic carbocycles. The third-order valence-corrected chi connectivity index (χ3v) is 4.42. The Kier molecular flexibility index (Phi) is 8.11. The Bertz CT molecular complexity index is 506. The van der Waals surface area contributed by atoms with Crippen molar-refractivity contribution in [2.45, 2.75) is 53.8 Å². The number of rotatable bonds is 10. The molecule has 10 heteroatoms. The quantitative estimate of drug-likeness (QED) is 0.580. The van der Waals surface area contributed by atoms with E-state index in [4.69, 9.17) is 34.9 Å². The second-order valence-corrected chi connectivity index (χ2v) is 7.83. The van der Waals surface area contributed by atoms with Gasteiger partial charge in [-0.1, -0.05) is 0 Å². The fourth-order valence-corrected chi connectivity index (χ4v) is 3.32. The molecule has 132 valence electrons. The van der Waals surface area contributed by atoms with Gasteiger partial charge >= 0.3 is 24.8 Å². The van der Waals surface area contributed by atoms with E-state index in [9.17, 15) is 0 Å². The first-order valence-electron chi connectivity index (χ1n) is 7.46. The summed E-state index contributed by atoms with van der Waals surface area (Å²) in [7, 11) is 0. The fourth-order valence-electron chi connectivity index (χ4n) is 1.39. The minimum absolute atomic E-state index is 0.0449. The maximum absolute atomic E-state index is 5.59. The summed E-state index contributed by atoms with van der Waals surface area (Å²) >= 11 is 5.31. The zero-order chi connectivity index (χ0) is 17.5. The average Bonchev–Trinajstić information content (AvgIpc) is 2.36. The molecular formula is C13H24N3O5PS. The fraction of sp³-hybridized carbons (Fsp3) is 0.769. The van der Waals surface area contributed by atoms with E-state index in [0.29, 0.717) is 13.2 Å². The monoisotopic (exact) mass is 365 g/mol. The zero-order valence-electron chi connectivity index (χ0n) is 14.3. The van der Waals surface area contributed by atoms with Gasteiger partial charge < -0.3 is 14.0 Å². The maximum Gasteiger partial charge on any atom is 0.382 e. The lowest BCUT2D eigenvalue weighted by Gasteiger charge is -2.20. The Morgan fingerprint density at radius 1 is 0.826 bits per heavy atom. The van der Waals surface area contributed by atoms with Crippen LogP contribution in [0.2, 0.25) is 0 Å². The van der Waals surface area contributed by atoms with Crippen molar-refractivity contribution in [3.05, 3.63) is 0 Å². The Labute approximate surface area is 142 Å². The minimum Gasteiger partial charge on any atom is -0.461 e. The molecular weight excluding hydrogens is 341 g/mol. The van der Waals surface area contributed by atoms with Crippen LogP contribution in [0.15, 0.2) is 0 Å². The molecule has 0 bridgehead atoms. The van der Waals surface area contributed by atoms with E-state index in [1.807, 2.05) is 27.7 Å². The topological polar surface area (TPSA) is 84.8 Å². The van der Waals surface area contributed by atoms with Crippen molar-refractivity contribution < 1.29 is 23.0 Å². The van der Waals surface area contributed by atoms with Gasteiger partial charge in [-0.25, -0.2) is 0 Å². The molecule has 0 radical (unpaired) electrons. The summed E-state index contributed by atoms with van der Waals surface area (Å²) in [5.74, 6) is 0.